The molecule has 162 valence electrons. The maximum absolute atomic E-state index is 12.2. The molecule has 2 aromatic rings. The lowest BCUT2D eigenvalue weighted by Gasteiger charge is -2.11. The van der Waals surface area contributed by atoms with Gasteiger partial charge >= 0.3 is 5.97 Å². The Hall–Kier alpha value is -2.29. The van der Waals surface area contributed by atoms with Crippen molar-refractivity contribution in [2.75, 3.05) is 6.61 Å². The van der Waals surface area contributed by atoms with Crippen LogP contribution in [0.3, 0.4) is 0 Å². The van der Waals surface area contributed by atoms with Gasteiger partial charge in [-0.2, -0.15) is 0 Å². The highest BCUT2D eigenvalue weighted by Gasteiger charge is 2.34. The highest BCUT2D eigenvalue weighted by Crippen LogP contribution is 2.36. The molecule has 3 heteroatoms. The molecule has 1 aliphatic heterocycles. The van der Waals surface area contributed by atoms with Gasteiger partial charge in [-0.1, -0.05) is 88.8 Å². The first-order chi connectivity index (χ1) is 14.7. The third-order valence-corrected chi connectivity index (χ3v) is 5.98. The van der Waals surface area contributed by atoms with E-state index < -0.39 is 0 Å². The van der Waals surface area contributed by atoms with Crippen LogP contribution >= 0.6 is 0 Å². The Morgan fingerprint density at radius 1 is 0.833 bits per heavy atom. The summed E-state index contributed by atoms with van der Waals surface area (Å²) in [5.74, 6) is 0.973. The van der Waals surface area contributed by atoms with Gasteiger partial charge in [0.1, 0.15) is 11.9 Å². The molecule has 30 heavy (non-hydrogen) atoms. The molecule has 1 heterocycles. The number of hydrogen-bond acceptors (Lipinski definition) is 3. The minimum absolute atomic E-state index is 0.0184. The molecule has 0 amide bonds. The van der Waals surface area contributed by atoms with Crippen molar-refractivity contribution in [3.05, 3.63) is 54.1 Å². The van der Waals surface area contributed by atoms with Crippen LogP contribution in [-0.2, 0) is 9.53 Å². The zero-order valence-electron chi connectivity index (χ0n) is 18.6. The van der Waals surface area contributed by atoms with Crippen molar-refractivity contribution in [3.63, 3.8) is 0 Å². The van der Waals surface area contributed by atoms with E-state index in [1.807, 2.05) is 12.1 Å². The molecule has 2 unspecified atom stereocenters. The summed E-state index contributed by atoms with van der Waals surface area (Å²) in [5, 5.41) is 0. The van der Waals surface area contributed by atoms with Gasteiger partial charge in [-0.25, -0.2) is 0 Å². The largest absolute Gasteiger partial charge is 0.494 e. The molecular formula is C27H36O3. The summed E-state index contributed by atoms with van der Waals surface area (Å²) in [4.78, 5) is 12.2. The predicted molar refractivity (Wildman–Crippen MR) is 123 cm³/mol. The van der Waals surface area contributed by atoms with Crippen molar-refractivity contribution >= 4 is 5.97 Å². The van der Waals surface area contributed by atoms with Gasteiger partial charge in [-0.3, -0.25) is 4.79 Å². The molecular weight excluding hydrogens is 372 g/mol. The average Bonchev–Trinajstić information content (AvgIpc) is 3.15. The molecule has 0 spiro atoms. The van der Waals surface area contributed by atoms with Crippen LogP contribution in [0.1, 0.15) is 83.3 Å². The van der Waals surface area contributed by atoms with Crippen molar-refractivity contribution in [2.24, 2.45) is 5.92 Å². The van der Waals surface area contributed by atoms with Crippen molar-refractivity contribution < 1.29 is 14.3 Å². The molecule has 1 saturated heterocycles. The highest BCUT2D eigenvalue weighted by atomic mass is 16.6. The van der Waals surface area contributed by atoms with E-state index in [0.717, 1.165) is 49.2 Å². The van der Waals surface area contributed by atoms with Gasteiger partial charge in [0, 0.05) is 6.42 Å². The lowest BCUT2D eigenvalue weighted by atomic mass is 9.94. The SMILES string of the molecule is CCCCCCC1CC(c2ccc(-c3ccc(OCCCCC)cc3)cc2)OC1=O. The first-order valence-electron chi connectivity index (χ1n) is 11.7. The minimum Gasteiger partial charge on any atom is -0.494 e. The second-order valence-corrected chi connectivity index (χ2v) is 8.41. The van der Waals surface area contributed by atoms with Crippen LogP contribution < -0.4 is 4.74 Å². The summed E-state index contributed by atoms with van der Waals surface area (Å²) >= 11 is 0. The first kappa shape index (κ1) is 22.4. The predicted octanol–water partition coefficient (Wildman–Crippen LogP) is 7.50. The first-order valence-corrected chi connectivity index (χ1v) is 11.7. The van der Waals surface area contributed by atoms with Crippen LogP contribution in [0.15, 0.2) is 48.5 Å². The van der Waals surface area contributed by atoms with Crippen LogP contribution in [0.4, 0.5) is 0 Å². The van der Waals surface area contributed by atoms with Crippen LogP contribution in [0, 0.1) is 5.92 Å². The van der Waals surface area contributed by atoms with Crippen molar-refractivity contribution in [3.8, 4) is 16.9 Å². The fourth-order valence-electron chi connectivity index (χ4n) is 4.07. The van der Waals surface area contributed by atoms with Gasteiger partial charge in [0.25, 0.3) is 0 Å². The number of benzene rings is 2. The molecule has 1 fully saturated rings. The van der Waals surface area contributed by atoms with Gasteiger partial charge in [-0.05, 0) is 41.7 Å². The maximum atomic E-state index is 12.2. The van der Waals surface area contributed by atoms with Gasteiger partial charge in [0.15, 0.2) is 0 Å². The molecule has 1 aliphatic rings. The third-order valence-electron chi connectivity index (χ3n) is 5.98. The minimum atomic E-state index is -0.0957. The van der Waals surface area contributed by atoms with E-state index >= 15 is 0 Å². The Balaban J connectivity index is 1.53. The van der Waals surface area contributed by atoms with E-state index in [1.54, 1.807) is 0 Å². The summed E-state index contributed by atoms with van der Waals surface area (Å²) < 4.78 is 11.5. The average molecular weight is 409 g/mol. The zero-order chi connectivity index (χ0) is 21.2. The Labute approximate surface area is 181 Å². The van der Waals surface area contributed by atoms with E-state index in [2.05, 4.69) is 50.2 Å². The van der Waals surface area contributed by atoms with Gasteiger partial charge in [0.05, 0.1) is 12.5 Å². The Kier molecular flexibility index (Phi) is 8.80. The van der Waals surface area contributed by atoms with Crippen molar-refractivity contribution in [1.29, 1.82) is 0 Å². The zero-order valence-corrected chi connectivity index (χ0v) is 18.6. The number of unbranched alkanes of at least 4 members (excludes halogenated alkanes) is 5. The number of ether oxygens (including phenoxy) is 2. The molecule has 3 rings (SSSR count). The Morgan fingerprint density at radius 3 is 2.13 bits per heavy atom. The normalized spacial score (nSPS) is 18.4. The van der Waals surface area contributed by atoms with E-state index in [1.165, 1.54) is 37.7 Å². The van der Waals surface area contributed by atoms with E-state index in [-0.39, 0.29) is 18.0 Å². The topological polar surface area (TPSA) is 35.5 Å². The molecule has 0 radical (unpaired) electrons. The lowest BCUT2D eigenvalue weighted by molar-refractivity contribution is -0.144. The van der Waals surface area contributed by atoms with Gasteiger partial charge in [-0.15, -0.1) is 0 Å². The molecule has 0 bridgehead atoms. The van der Waals surface area contributed by atoms with E-state index in [9.17, 15) is 4.79 Å². The summed E-state index contributed by atoms with van der Waals surface area (Å²) in [6.07, 6.45) is 10.00. The molecule has 0 aromatic heterocycles. The number of esters is 1. The summed E-state index contributed by atoms with van der Waals surface area (Å²) in [6, 6.07) is 16.7. The number of carbonyl (C=O) groups is 1. The van der Waals surface area contributed by atoms with Crippen LogP contribution in [0.2, 0.25) is 0 Å². The highest BCUT2D eigenvalue weighted by molar-refractivity contribution is 5.75. The summed E-state index contributed by atoms with van der Waals surface area (Å²) in [6.45, 7) is 5.19. The monoisotopic (exact) mass is 408 g/mol. The number of rotatable bonds is 12. The van der Waals surface area contributed by atoms with Crippen LogP contribution in [0.5, 0.6) is 5.75 Å². The van der Waals surface area contributed by atoms with Crippen LogP contribution in [-0.4, -0.2) is 12.6 Å². The van der Waals surface area contributed by atoms with Gasteiger partial charge in [0.2, 0.25) is 0 Å². The van der Waals surface area contributed by atoms with E-state index in [4.69, 9.17) is 9.47 Å². The molecule has 0 aliphatic carbocycles. The number of hydrogen-bond donors (Lipinski definition) is 0. The summed E-state index contributed by atoms with van der Waals surface area (Å²) in [5.41, 5.74) is 3.43. The number of carbonyl (C=O) groups excluding carboxylic acids is 1. The van der Waals surface area contributed by atoms with Crippen LogP contribution in [0.25, 0.3) is 11.1 Å². The van der Waals surface area contributed by atoms with Crippen molar-refractivity contribution in [2.45, 2.75) is 77.7 Å². The van der Waals surface area contributed by atoms with E-state index in [0.29, 0.717) is 0 Å². The molecule has 3 nitrogen and oxygen atoms in total. The fraction of sp³-hybridized carbons (Fsp3) is 0.519. The second kappa shape index (κ2) is 11.8. The molecule has 0 N–H and O–H groups in total. The number of cyclic esters (lactones) is 1. The quantitative estimate of drug-likeness (QED) is 0.269. The molecule has 2 aromatic carbocycles. The standard InChI is InChI=1S/C27H36O3/c1-3-5-7-8-10-24-20-26(30-27(24)28)23-13-11-21(12-14-23)22-15-17-25(18-16-22)29-19-9-6-4-2/h11-18,24,26H,3-10,19-20H2,1-2H3. The van der Waals surface area contributed by atoms with Crippen molar-refractivity contribution in [1.82, 2.24) is 0 Å². The summed E-state index contributed by atoms with van der Waals surface area (Å²) in [7, 11) is 0. The molecule has 0 saturated carbocycles. The smallest absolute Gasteiger partial charge is 0.309 e. The fourth-order valence-corrected chi connectivity index (χ4v) is 4.07. The maximum Gasteiger partial charge on any atom is 0.309 e. The Bertz CT molecular complexity index is 764. The second-order valence-electron chi connectivity index (χ2n) is 8.41. The van der Waals surface area contributed by atoms with Gasteiger partial charge < -0.3 is 9.47 Å². The Morgan fingerprint density at radius 2 is 1.47 bits per heavy atom. The third kappa shape index (κ3) is 6.35. The molecule has 2 atom stereocenters. The lowest BCUT2D eigenvalue weighted by Crippen LogP contribution is -2.06.